The number of aliphatic hydroxyl groups is 1. The fraction of sp³-hybridized carbons (Fsp3) is 0.667. The summed E-state index contributed by atoms with van der Waals surface area (Å²) in [5, 5.41) is 22.0. The highest BCUT2D eigenvalue weighted by atomic mass is 16.6. The monoisotopic (exact) mass is 350 g/mol. The highest BCUT2D eigenvalue weighted by molar-refractivity contribution is 5.55. The van der Waals surface area contributed by atoms with Gasteiger partial charge in [-0.2, -0.15) is 0 Å². The van der Waals surface area contributed by atoms with Crippen LogP contribution in [0.15, 0.2) is 12.1 Å². The van der Waals surface area contributed by atoms with Gasteiger partial charge in [0.1, 0.15) is 5.75 Å². The predicted molar refractivity (Wildman–Crippen MR) is 93.2 cm³/mol. The number of ether oxygens (including phenoxy) is 2. The molecule has 3 fully saturated rings. The van der Waals surface area contributed by atoms with Crippen molar-refractivity contribution in [3.05, 3.63) is 27.8 Å². The lowest BCUT2D eigenvalue weighted by atomic mass is 9.78. The van der Waals surface area contributed by atoms with Crippen molar-refractivity contribution < 1.29 is 19.5 Å². The van der Waals surface area contributed by atoms with Crippen molar-refractivity contribution in [3.63, 3.8) is 0 Å². The molecular weight excluding hydrogens is 324 g/mol. The largest absolute Gasteiger partial charge is 0.493 e. The Balaban J connectivity index is 1.93. The number of fused-ring (bicyclic) bond motifs is 3. The fourth-order valence-corrected chi connectivity index (χ4v) is 4.05. The number of rotatable bonds is 7. The number of piperidine rings is 3. The van der Waals surface area contributed by atoms with E-state index in [1.165, 1.54) is 0 Å². The second kappa shape index (κ2) is 7.58. The standard InChI is InChI=1S/C18H26N2O5/c1-3-24-16-11-17(25-4-2)14(20(22)23)9-13(16)10-15-18(21)12-5-7-19(15)8-6-12/h9,11-12,15,18,21H,3-8,10H2,1-2H3. The first-order chi connectivity index (χ1) is 12.0. The van der Waals surface area contributed by atoms with Gasteiger partial charge in [-0.05, 0) is 52.1 Å². The molecule has 2 bridgehead atoms. The van der Waals surface area contributed by atoms with Crippen molar-refractivity contribution in [3.8, 4) is 11.5 Å². The SMILES string of the molecule is CCOc1cc(OCC)c([N+](=O)[O-])cc1CC1C(O)C2CCN1CC2. The number of benzene rings is 1. The summed E-state index contributed by atoms with van der Waals surface area (Å²) < 4.78 is 11.1. The Morgan fingerprint density at radius 1 is 1.20 bits per heavy atom. The molecule has 1 N–H and O–H groups in total. The van der Waals surface area contributed by atoms with Crippen LogP contribution in [0.25, 0.3) is 0 Å². The van der Waals surface area contributed by atoms with E-state index < -0.39 is 4.92 Å². The van der Waals surface area contributed by atoms with Gasteiger partial charge in [0.15, 0.2) is 0 Å². The quantitative estimate of drug-likeness (QED) is 0.600. The van der Waals surface area contributed by atoms with Crippen LogP contribution in [0.3, 0.4) is 0 Å². The minimum absolute atomic E-state index is 0.00995. The number of hydrogen-bond donors (Lipinski definition) is 1. The minimum atomic E-state index is -0.423. The van der Waals surface area contributed by atoms with Crippen LogP contribution in [-0.4, -0.2) is 53.4 Å². The Kier molecular flexibility index (Phi) is 5.44. The van der Waals surface area contributed by atoms with Gasteiger partial charge < -0.3 is 14.6 Å². The zero-order chi connectivity index (χ0) is 18.0. The van der Waals surface area contributed by atoms with Crippen LogP contribution in [0.4, 0.5) is 5.69 Å². The molecule has 2 atom stereocenters. The number of aliphatic hydroxyl groups excluding tert-OH is 1. The van der Waals surface area contributed by atoms with Crippen molar-refractivity contribution in [2.24, 2.45) is 5.92 Å². The van der Waals surface area contributed by atoms with E-state index in [4.69, 9.17) is 9.47 Å². The molecule has 2 unspecified atom stereocenters. The molecular formula is C18H26N2O5. The van der Waals surface area contributed by atoms with Crippen LogP contribution in [0, 0.1) is 16.0 Å². The summed E-state index contributed by atoms with van der Waals surface area (Å²) in [4.78, 5) is 13.3. The Bertz CT molecular complexity index is 626. The molecule has 3 aliphatic rings. The second-order valence-electron chi connectivity index (χ2n) is 6.69. The van der Waals surface area contributed by atoms with E-state index in [9.17, 15) is 15.2 Å². The topological polar surface area (TPSA) is 85.1 Å². The van der Waals surface area contributed by atoms with E-state index in [1.807, 2.05) is 6.92 Å². The molecule has 0 aliphatic carbocycles. The fourth-order valence-electron chi connectivity index (χ4n) is 4.05. The van der Waals surface area contributed by atoms with Gasteiger partial charge in [0, 0.05) is 23.7 Å². The predicted octanol–water partition coefficient (Wildman–Crippen LogP) is 2.39. The highest BCUT2D eigenvalue weighted by Crippen LogP contribution is 2.39. The van der Waals surface area contributed by atoms with E-state index in [-0.39, 0.29) is 23.6 Å². The van der Waals surface area contributed by atoms with Crippen LogP contribution >= 0.6 is 0 Å². The Labute approximate surface area is 147 Å². The average Bonchev–Trinajstić information content (AvgIpc) is 2.60. The van der Waals surface area contributed by atoms with E-state index in [2.05, 4.69) is 4.90 Å². The molecule has 1 aromatic carbocycles. The summed E-state index contributed by atoms with van der Waals surface area (Å²) >= 11 is 0. The summed E-state index contributed by atoms with van der Waals surface area (Å²) in [5.74, 6) is 1.17. The zero-order valence-corrected chi connectivity index (χ0v) is 14.8. The van der Waals surface area contributed by atoms with Gasteiger partial charge in [-0.1, -0.05) is 0 Å². The summed E-state index contributed by atoms with van der Waals surface area (Å²) in [5.41, 5.74) is 0.708. The third-order valence-corrected chi connectivity index (χ3v) is 5.29. The summed E-state index contributed by atoms with van der Waals surface area (Å²) in [6.45, 7) is 6.45. The van der Waals surface area contributed by atoms with E-state index in [0.717, 1.165) is 31.5 Å². The third-order valence-electron chi connectivity index (χ3n) is 5.29. The van der Waals surface area contributed by atoms with Gasteiger partial charge in [-0.15, -0.1) is 0 Å². The molecule has 1 aromatic rings. The van der Waals surface area contributed by atoms with Crippen molar-refractivity contribution in [2.75, 3.05) is 26.3 Å². The average molecular weight is 350 g/mol. The smallest absolute Gasteiger partial charge is 0.311 e. The van der Waals surface area contributed by atoms with E-state index in [1.54, 1.807) is 19.1 Å². The van der Waals surface area contributed by atoms with Crippen LogP contribution in [0.2, 0.25) is 0 Å². The van der Waals surface area contributed by atoms with Crippen molar-refractivity contribution in [2.45, 2.75) is 45.3 Å². The number of hydrogen-bond acceptors (Lipinski definition) is 6. The molecule has 0 radical (unpaired) electrons. The summed E-state index contributed by atoms with van der Waals surface area (Å²) in [6, 6.07) is 3.15. The Hall–Kier alpha value is -1.86. The maximum Gasteiger partial charge on any atom is 0.311 e. The van der Waals surface area contributed by atoms with Crippen LogP contribution in [-0.2, 0) is 6.42 Å². The molecule has 4 rings (SSSR count). The normalized spacial score (nSPS) is 28.0. The number of nitrogens with zero attached hydrogens (tertiary/aromatic N) is 2. The lowest BCUT2D eigenvalue weighted by molar-refractivity contribution is -0.385. The Morgan fingerprint density at radius 2 is 1.84 bits per heavy atom. The molecule has 0 saturated carbocycles. The second-order valence-corrected chi connectivity index (χ2v) is 6.69. The van der Waals surface area contributed by atoms with Crippen LogP contribution in [0.1, 0.15) is 32.3 Å². The first-order valence-electron chi connectivity index (χ1n) is 9.04. The maximum absolute atomic E-state index is 11.4. The molecule has 0 amide bonds. The van der Waals surface area contributed by atoms with Crippen molar-refractivity contribution in [1.29, 1.82) is 0 Å². The molecule has 3 aliphatic heterocycles. The van der Waals surface area contributed by atoms with E-state index >= 15 is 0 Å². The molecule has 3 saturated heterocycles. The number of nitro groups is 1. The van der Waals surface area contributed by atoms with Gasteiger partial charge in [0.2, 0.25) is 5.75 Å². The molecule has 7 nitrogen and oxygen atoms in total. The molecule has 25 heavy (non-hydrogen) atoms. The third kappa shape index (κ3) is 3.57. The van der Waals surface area contributed by atoms with Crippen molar-refractivity contribution in [1.82, 2.24) is 4.90 Å². The van der Waals surface area contributed by atoms with Gasteiger partial charge in [0.25, 0.3) is 0 Å². The molecule has 3 heterocycles. The van der Waals surface area contributed by atoms with Gasteiger partial charge >= 0.3 is 5.69 Å². The van der Waals surface area contributed by atoms with Crippen molar-refractivity contribution >= 4 is 5.69 Å². The van der Waals surface area contributed by atoms with Gasteiger partial charge in [-0.25, -0.2) is 0 Å². The lowest BCUT2D eigenvalue weighted by Crippen LogP contribution is -2.58. The first-order valence-corrected chi connectivity index (χ1v) is 9.04. The first kappa shape index (κ1) is 17.9. The van der Waals surface area contributed by atoms with Gasteiger partial charge in [0.05, 0.1) is 24.2 Å². The minimum Gasteiger partial charge on any atom is -0.493 e. The molecule has 7 heteroatoms. The van der Waals surface area contributed by atoms with Crippen LogP contribution in [0.5, 0.6) is 11.5 Å². The van der Waals surface area contributed by atoms with E-state index in [0.29, 0.717) is 31.3 Å². The molecule has 0 spiro atoms. The summed E-state index contributed by atoms with van der Waals surface area (Å²) in [6.07, 6.45) is 2.21. The highest BCUT2D eigenvalue weighted by Gasteiger charge is 2.41. The molecule has 0 aromatic heterocycles. The summed E-state index contributed by atoms with van der Waals surface area (Å²) in [7, 11) is 0. The Morgan fingerprint density at radius 3 is 2.40 bits per heavy atom. The number of nitro benzene ring substituents is 1. The maximum atomic E-state index is 11.4. The molecule has 138 valence electrons. The van der Waals surface area contributed by atoms with Gasteiger partial charge in [-0.3, -0.25) is 15.0 Å². The zero-order valence-electron chi connectivity index (χ0n) is 14.8. The lowest BCUT2D eigenvalue weighted by Gasteiger charge is -2.49. The van der Waals surface area contributed by atoms with Crippen LogP contribution < -0.4 is 9.47 Å².